The molecule has 3 fully saturated rings. The maximum Gasteiger partial charge on any atom is 0.303 e. The van der Waals surface area contributed by atoms with Crippen molar-refractivity contribution >= 4 is 26.8 Å². The summed E-state index contributed by atoms with van der Waals surface area (Å²) in [4.78, 5) is 11.0. The van der Waals surface area contributed by atoms with Crippen LogP contribution in [0.25, 0.3) is 10.8 Å². The van der Waals surface area contributed by atoms with Gasteiger partial charge in [0, 0.05) is 12.5 Å². The minimum atomic E-state index is -3.59. The van der Waals surface area contributed by atoms with E-state index >= 15 is 0 Å². The SMILES string of the molecule is O=C(O)CCC/C=C/CC1C2CCC(CC2)C1NS(=O)(=O)c1ccc2ccccc2c1. The number of benzene rings is 2. The summed E-state index contributed by atoms with van der Waals surface area (Å²) >= 11 is 0. The van der Waals surface area contributed by atoms with E-state index in [4.69, 9.17) is 5.11 Å². The number of carboxylic acid groups (broad SMARTS) is 1. The molecule has 0 aliphatic heterocycles. The topological polar surface area (TPSA) is 83.5 Å². The van der Waals surface area contributed by atoms with Crippen molar-refractivity contribution in [1.29, 1.82) is 0 Å². The number of rotatable bonds is 9. The predicted molar refractivity (Wildman–Crippen MR) is 122 cm³/mol. The molecule has 2 atom stereocenters. The standard InChI is InChI=1S/C25H31NO4S/c27-24(28)10-4-2-1-3-9-23-19-11-13-20(14-12-19)25(23)26-31(29,30)22-16-15-18-7-5-6-8-21(18)17-22/h1,3,5-8,15-17,19-20,23,25-26H,2,4,9-14H2,(H,27,28)/b3-1+. The second kappa shape index (κ2) is 9.53. The van der Waals surface area contributed by atoms with Gasteiger partial charge >= 0.3 is 5.97 Å². The molecule has 2 bridgehead atoms. The second-order valence-corrected chi connectivity index (χ2v) is 10.7. The van der Waals surface area contributed by atoms with Crippen molar-refractivity contribution in [3.8, 4) is 0 Å². The number of nitrogens with one attached hydrogen (secondary N) is 1. The number of allylic oxidation sites excluding steroid dienone is 2. The molecule has 3 saturated carbocycles. The fraction of sp³-hybridized carbons (Fsp3) is 0.480. The molecule has 0 aromatic heterocycles. The van der Waals surface area contributed by atoms with E-state index in [9.17, 15) is 13.2 Å². The molecule has 0 saturated heterocycles. The predicted octanol–water partition coefficient (Wildman–Crippen LogP) is 5.12. The summed E-state index contributed by atoms with van der Waals surface area (Å²) in [5.41, 5.74) is 0. The number of hydrogen-bond acceptors (Lipinski definition) is 3. The maximum atomic E-state index is 13.3. The van der Waals surface area contributed by atoms with Gasteiger partial charge in [-0.15, -0.1) is 0 Å². The van der Waals surface area contributed by atoms with Crippen molar-refractivity contribution in [2.75, 3.05) is 0 Å². The van der Waals surface area contributed by atoms with Crippen molar-refractivity contribution in [2.24, 2.45) is 17.8 Å². The average molecular weight is 442 g/mol. The highest BCUT2D eigenvalue weighted by Crippen LogP contribution is 2.47. The minimum absolute atomic E-state index is 0.0346. The number of hydrogen-bond donors (Lipinski definition) is 2. The van der Waals surface area contributed by atoms with Crippen LogP contribution in [0.3, 0.4) is 0 Å². The van der Waals surface area contributed by atoms with E-state index in [1.54, 1.807) is 12.1 Å². The Morgan fingerprint density at radius 3 is 2.45 bits per heavy atom. The molecule has 6 heteroatoms. The van der Waals surface area contributed by atoms with Gasteiger partial charge in [0.1, 0.15) is 0 Å². The zero-order valence-corrected chi connectivity index (χ0v) is 18.6. The van der Waals surface area contributed by atoms with Crippen LogP contribution in [-0.4, -0.2) is 25.5 Å². The summed E-state index contributed by atoms with van der Waals surface area (Å²) in [6, 6.07) is 13.1. The fourth-order valence-corrected chi connectivity index (χ4v) is 6.81. The summed E-state index contributed by atoms with van der Waals surface area (Å²) in [7, 11) is -3.59. The normalized spacial score (nSPS) is 25.9. The third-order valence-corrected chi connectivity index (χ3v) is 8.51. The minimum Gasteiger partial charge on any atom is -0.481 e. The molecule has 2 aromatic carbocycles. The Hall–Kier alpha value is -2.18. The molecule has 0 heterocycles. The molecule has 0 spiro atoms. The van der Waals surface area contributed by atoms with E-state index in [0.29, 0.717) is 29.1 Å². The number of aliphatic carboxylic acids is 1. The monoisotopic (exact) mass is 441 g/mol. The molecule has 2 N–H and O–H groups in total. The molecule has 3 aliphatic rings. The molecule has 166 valence electrons. The molecular formula is C25H31NO4S. The van der Waals surface area contributed by atoms with Crippen LogP contribution in [0.15, 0.2) is 59.5 Å². The Kier molecular flexibility index (Phi) is 6.77. The van der Waals surface area contributed by atoms with Crippen molar-refractivity contribution in [3.63, 3.8) is 0 Å². The quantitative estimate of drug-likeness (QED) is 0.418. The van der Waals surface area contributed by atoms with Gasteiger partial charge in [-0.25, -0.2) is 13.1 Å². The van der Waals surface area contributed by atoms with Gasteiger partial charge in [-0.1, -0.05) is 42.5 Å². The molecule has 2 aromatic rings. The molecule has 3 aliphatic carbocycles. The van der Waals surface area contributed by atoms with Gasteiger partial charge in [-0.2, -0.15) is 0 Å². The summed E-state index contributed by atoms with van der Waals surface area (Å²) in [6.07, 6.45) is 11.1. The lowest BCUT2D eigenvalue weighted by Crippen LogP contribution is -2.53. The third-order valence-electron chi connectivity index (χ3n) is 7.05. The maximum absolute atomic E-state index is 13.3. The van der Waals surface area contributed by atoms with Gasteiger partial charge in [-0.05, 0) is 85.6 Å². The smallest absolute Gasteiger partial charge is 0.303 e. The van der Waals surface area contributed by atoms with Crippen molar-refractivity contribution in [1.82, 2.24) is 4.72 Å². The first-order valence-electron chi connectivity index (χ1n) is 11.3. The van der Waals surface area contributed by atoms with Crippen LogP contribution in [0, 0.1) is 17.8 Å². The van der Waals surface area contributed by atoms with E-state index < -0.39 is 16.0 Å². The Balaban J connectivity index is 1.47. The van der Waals surface area contributed by atoms with Crippen molar-refractivity contribution in [3.05, 3.63) is 54.6 Å². The van der Waals surface area contributed by atoms with Gasteiger partial charge in [0.25, 0.3) is 0 Å². The highest BCUT2D eigenvalue weighted by molar-refractivity contribution is 7.89. The first-order chi connectivity index (χ1) is 14.9. The van der Waals surface area contributed by atoms with E-state index in [2.05, 4.69) is 16.9 Å². The largest absolute Gasteiger partial charge is 0.481 e. The molecule has 0 amide bonds. The van der Waals surface area contributed by atoms with Gasteiger partial charge < -0.3 is 5.11 Å². The van der Waals surface area contributed by atoms with Crippen LogP contribution in [0.4, 0.5) is 0 Å². The first kappa shape index (κ1) is 22.0. The summed E-state index contributed by atoms with van der Waals surface area (Å²) < 4.78 is 29.6. The zero-order valence-electron chi connectivity index (χ0n) is 17.7. The van der Waals surface area contributed by atoms with Gasteiger partial charge in [0.15, 0.2) is 0 Å². The Morgan fingerprint density at radius 2 is 1.71 bits per heavy atom. The average Bonchev–Trinajstić information content (AvgIpc) is 2.77. The second-order valence-electron chi connectivity index (χ2n) is 8.99. The zero-order chi connectivity index (χ0) is 21.8. The lowest BCUT2D eigenvalue weighted by Gasteiger charge is -2.48. The Bertz CT molecular complexity index is 1050. The van der Waals surface area contributed by atoms with E-state index in [-0.39, 0.29) is 12.5 Å². The number of fused-ring (bicyclic) bond motifs is 4. The number of unbranched alkanes of at least 4 members (excludes halogenated alkanes) is 1. The van der Waals surface area contributed by atoms with Gasteiger partial charge in [-0.3, -0.25) is 4.79 Å². The molecule has 31 heavy (non-hydrogen) atoms. The lowest BCUT2D eigenvalue weighted by atomic mass is 9.61. The summed E-state index contributed by atoms with van der Waals surface area (Å²) in [5, 5.41) is 10.7. The summed E-state index contributed by atoms with van der Waals surface area (Å²) in [6.45, 7) is 0. The van der Waals surface area contributed by atoms with E-state index in [1.165, 1.54) is 12.8 Å². The van der Waals surface area contributed by atoms with Gasteiger partial charge in [0.2, 0.25) is 10.0 Å². The summed E-state index contributed by atoms with van der Waals surface area (Å²) in [5.74, 6) is 0.489. The number of carboxylic acids is 1. The van der Waals surface area contributed by atoms with Crippen LogP contribution >= 0.6 is 0 Å². The van der Waals surface area contributed by atoms with E-state index in [1.807, 2.05) is 30.3 Å². The first-order valence-corrected chi connectivity index (χ1v) is 12.8. The third kappa shape index (κ3) is 5.18. The highest BCUT2D eigenvalue weighted by Gasteiger charge is 2.44. The van der Waals surface area contributed by atoms with Crippen molar-refractivity contribution in [2.45, 2.75) is 62.3 Å². The molecule has 2 unspecified atom stereocenters. The molecule has 5 nitrogen and oxygen atoms in total. The van der Waals surface area contributed by atoms with Crippen LogP contribution < -0.4 is 4.72 Å². The highest BCUT2D eigenvalue weighted by atomic mass is 32.2. The Morgan fingerprint density at radius 1 is 1.00 bits per heavy atom. The van der Waals surface area contributed by atoms with Crippen LogP contribution in [0.1, 0.15) is 51.4 Å². The molecular weight excluding hydrogens is 410 g/mol. The lowest BCUT2D eigenvalue weighted by molar-refractivity contribution is -0.137. The number of sulfonamides is 1. The van der Waals surface area contributed by atoms with Crippen LogP contribution in [0.5, 0.6) is 0 Å². The number of carbonyl (C=O) groups is 1. The Labute approximate surface area is 184 Å². The van der Waals surface area contributed by atoms with Crippen LogP contribution in [-0.2, 0) is 14.8 Å². The fourth-order valence-electron chi connectivity index (χ4n) is 5.42. The van der Waals surface area contributed by atoms with Crippen LogP contribution in [0.2, 0.25) is 0 Å². The molecule has 0 radical (unpaired) electrons. The molecule has 5 rings (SSSR count). The van der Waals surface area contributed by atoms with E-state index in [0.717, 1.165) is 36.5 Å². The van der Waals surface area contributed by atoms with Crippen molar-refractivity contribution < 1.29 is 18.3 Å². The van der Waals surface area contributed by atoms with Gasteiger partial charge in [0.05, 0.1) is 4.90 Å².